The van der Waals surface area contributed by atoms with Gasteiger partial charge in [-0.2, -0.15) is 0 Å². The summed E-state index contributed by atoms with van der Waals surface area (Å²) in [6.45, 7) is 0. The quantitative estimate of drug-likeness (QED) is 0.589. The van der Waals surface area contributed by atoms with Crippen molar-refractivity contribution in [2.24, 2.45) is 14.1 Å². The van der Waals surface area contributed by atoms with Gasteiger partial charge in [0.1, 0.15) is 16.2 Å². The molecule has 0 aromatic carbocycles. The van der Waals surface area contributed by atoms with Gasteiger partial charge in [0.25, 0.3) is 5.56 Å². The fourth-order valence-corrected chi connectivity index (χ4v) is 5.22. The number of thioether (sulfide) groups is 1. The van der Waals surface area contributed by atoms with Crippen molar-refractivity contribution in [1.82, 2.24) is 24.4 Å². The van der Waals surface area contributed by atoms with Crippen LogP contribution in [0, 0.1) is 0 Å². The minimum absolute atomic E-state index is 0.0438. The first-order valence-corrected chi connectivity index (χ1v) is 11.3. The lowest BCUT2D eigenvalue weighted by Crippen LogP contribution is -2.38. The molecule has 2 aromatic heterocycles. The number of nitrogens with one attached hydrogen (secondary N) is 1. The number of aromatic nitrogens is 4. The molecule has 2 aromatic rings. The highest BCUT2D eigenvalue weighted by atomic mass is 32.2. The van der Waals surface area contributed by atoms with Crippen molar-refractivity contribution in [3.8, 4) is 0 Å². The Morgan fingerprint density at radius 2 is 1.69 bits per heavy atom. The summed E-state index contributed by atoms with van der Waals surface area (Å²) in [5.74, 6) is 1.07. The second kappa shape index (κ2) is 8.30. The van der Waals surface area contributed by atoms with Crippen molar-refractivity contribution in [1.29, 1.82) is 0 Å². The van der Waals surface area contributed by atoms with Crippen molar-refractivity contribution >= 4 is 28.7 Å². The molecule has 0 atom stereocenters. The standard InChI is InChI=1S/C20H27N5O3S/c1-24-17-15(19(27)25(2)20(24)28)18(23-16(22-17)12-7-3-4-8-12)29-11-14(26)21-13-9-5-6-10-13/h12-13H,3-11H2,1-2H3,(H,21,26). The average Bonchev–Trinajstić information content (AvgIpc) is 3.42. The Morgan fingerprint density at radius 1 is 1.03 bits per heavy atom. The minimum atomic E-state index is -0.417. The van der Waals surface area contributed by atoms with E-state index in [1.165, 1.54) is 23.4 Å². The first kappa shape index (κ1) is 20.1. The lowest BCUT2D eigenvalue weighted by Gasteiger charge is -2.15. The van der Waals surface area contributed by atoms with Gasteiger partial charge in [-0.15, -0.1) is 0 Å². The van der Waals surface area contributed by atoms with Gasteiger partial charge in [-0.1, -0.05) is 37.4 Å². The van der Waals surface area contributed by atoms with Crippen LogP contribution in [0.5, 0.6) is 0 Å². The van der Waals surface area contributed by atoms with Crippen LogP contribution in [0.15, 0.2) is 14.6 Å². The number of nitrogens with zero attached hydrogens (tertiary/aromatic N) is 4. The summed E-state index contributed by atoms with van der Waals surface area (Å²) in [5.41, 5.74) is -0.470. The van der Waals surface area contributed by atoms with E-state index in [0.717, 1.165) is 55.9 Å². The van der Waals surface area contributed by atoms with E-state index in [9.17, 15) is 14.4 Å². The van der Waals surface area contributed by atoms with Gasteiger partial charge in [-0.25, -0.2) is 14.8 Å². The fourth-order valence-electron chi connectivity index (χ4n) is 4.39. The number of amides is 1. The molecule has 2 aliphatic carbocycles. The predicted octanol–water partition coefficient (Wildman–Crippen LogP) is 1.84. The lowest BCUT2D eigenvalue weighted by atomic mass is 10.1. The topological polar surface area (TPSA) is 98.9 Å². The molecule has 2 saturated carbocycles. The number of aryl methyl sites for hydroxylation is 1. The van der Waals surface area contributed by atoms with Gasteiger partial charge in [0.05, 0.1) is 5.75 Å². The molecule has 2 heterocycles. The molecular weight excluding hydrogens is 390 g/mol. The van der Waals surface area contributed by atoms with Crippen LogP contribution in [0.1, 0.15) is 63.1 Å². The van der Waals surface area contributed by atoms with Crippen LogP contribution in [0.2, 0.25) is 0 Å². The molecule has 0 bridgehead atoms. The van der Waals surface area contributed by atoms with E-state index in [4.69, 9.17) is 4.98 Å². The van der Waals surface area contributed by atoms with Crippen molar-refractivity contribution in [3.05, 3.63) is 26.7 Å². The summed E-state index contributed by atoms with van der Waals surface area (Å²) < 4.78 is 2.48. The van der Waals surface area contributed by atoms with Crippen LogP contribution in [0.4, 0.5) is 0 Å². The maximum Gasteiger partial charge on any atom is 0.332 e. The van der Waals surface area contributed by atoms with Gasteiger partial charge in [0.2, 0.25) is 5.91 Å². The molecule has 1 amide bonds. The molecule has 8 nitrogen and oxygen atoms in total. The molecule has 0 radical (unpaired) electrons. The summed E-state index contributed by atoms with van der Waals surface area (Å²) in [6.07, 6.45) is 8.66. The van der Waals surface area contributed by atoms with Crippen LogP contribution < -0.4 is 16.6 Å². The third-order valence-electron chi connectivity index (χ3n) is 6.06. The molecule has 156 valence electrons. The summed E-state index contributed by atoms with van der Waals surface area (Å²) in [6, 6.07) is 0.257. The molecule has 0 spiro atoms. The Bertz CT molecular complexity index is 1050. The van der Waals surface area contributed by atoms with Gasteiger partial charge in [0, 0.05) is 26.1 Å². The highest BCUT2D eigenvalue weighted by Crippen LogP contribution is 2.34. The monoisotopic (exact) mass is 417 g/mol. The summed E-state index contributed by atoms with van der Waals surface area (Å²) in [4.78, 5) is 47.0. The molecule has 1 N–H and O–H groups in total. The van der Waals surface area contributed by atoms with Crippen molar-refractivity contribution < 1.29 is 4.79 Å². The summed E-state index contributed by atoms with van der Waals surface area (Å²) in [5, 5.41) is 3.88. The maximum absolute atomic E-state index is 12.8. The first-order chi connectivity index (χ1) is 14.0. The third-order valence-corrected chi connectivity index (χ3v) is 7.04. The molecule has 0 unspecified atom stereocenters. The fraction of sp³-hybridized carbons (Fsp3) is 0.650. The highest BCUT2D eigenvalue weighted by Gasteiger charge is 2.25. The third kappa shape index (κ3) is 3.97. The Morgan fingerprint density at radius 3 is 2.38 bits per heavy atom. The molecule has 2 aliphatic rings. The van der Waals surface area contributed by atoms with Crippen molar-refractivity contribution in [2.75, 3.05) is 5.75 Å². The van der Waals surface area contributed by atoms with E-state index in [2.05, 4.69) is 10.3 Å². The van der Waals surface area contributed by atoms with E-state index >= 15 is 0 Å². The van der Waals surface area contributed by atoms with Crippen LogP contribution in [-0.2, 0) is 18.9 Å². The molecule has 9 heteroatoms. The summed E-state index contributed by atoms with van der Waals surface area (Å²) in [7, 11) is 3.08. The van der Waals surface area contributed by atoms with E-state index in [0.29, 0.717) is 21.9 Å². The van der Waals surface area contributed by atoms with Crippen LogP contribution in [0.3, 0.4) is 0 Å². The lowest BCUT2D eigenvalue weighted by molar-refractivity contribution is -0.119. The number of rotatable bonds is 5. The largest absolute Gasteiger partial charge is 0.353 e. The molecule has 0 aliphatic heterocycles. The van der Waals surface area contributed by atoms with Gasteiger partial charge < -0.3 is 5.32 Å². The second-order valence-electron chi connectivity index (χ2n) is 8.11. The van der Waals surface area contributed by atoms with E-state index in [1.54, 1.807) is 7.05 Å². The van der Waals surface area contributed by atoms with Gasteiger partial charge in [-0.3, -0.25) is 18.7 Å². The minimum Gasteiger partial charge on any atom is -0.353 e. The average molecular weight is 418 g/mol. The maximum atomic E-state index is 12.8. The summed E-state index contributed by atoms with van der Waals surface area (Å²) >= 11 is 1.26. The Kier molecular flexibility index (Phi) is 5.76. The van der Waals surface area contributed by atoms with Gasteiger partial charge in [0.15, 0.2) is 5.65 Å². The van der Waals surface area contributed by atoms with Gasteiger partial charge in [-0.05, 0) is 25.7 Å². The molecule has 0 saturated heterocycles. The first-order valence-electron chi connectivity index (χ1n) is 10.4. The van der Waals surface area contributed by atoms with E-state index < -0.39 is 11.2 Å². The Hall–Kier alpha value is -2.16. The molecular formula is C20H27N5O3S. The van der Waals surface area contributed by atoms with Crippen LogP contribution >= 0.6 is 11.8 Å². The van der Waals surface area contributed by atoms with Crippen molar-refractivity contribution in [2.45, 2.75) is 68.4 Å². The molecule has 2 fully saturated rings. The number of hydrogen-bond acceptors (Lipinski definition) is 6. The smallest absolute Gasteiger partial charge is 0.332 e. The Balaban J connectivity index is 1.70. The number of fused-ring (bicyclic) bond motifs is 1. The van der Waals surface area contributed by atoms with Crippen LogP contribution in [-0.4, -0.2) is 36.8 Å². The van der Waals surface area contributed by atoms with E-state index in [-0.39, 0.29) is 23.6 Å². The molecule has 29 heavy (non-hydrogen) atoms. The number of carbonyl (C=O) groups is 1. The van der Waals surface area contributed by atoms with Crippen LogP contribution in [0.25, 0.3) is 11.0 Å². The normalized spacial score (nSPS) is 18.0. The zero-order chi connectivity index (χ0) is 20.5. The number of hydrogen-bond donors (Lipinski definition) is 1. The highest BCUT2D eigenvalue weighted by molar-refractivity contribution is 8.00. The zero-order valence-electron chi connectivity index (χ0n) is 16.9. The number of carbonyl (C=O) groups excluding carboxylic acids is 1. The molecule has 4 rings (SSSR count). The van der Waals surface area contributed by atoms with Crippen molar-refractivity contribution in [3.63, 3.8) is 0 Å². The Labute approximate surface area is 173 Å². The van der Waals surface area contributed by atoms with Gasteiger partial charge >= 0.3 is 5.69 Å². The SMILES string of the molecule is Cn1c(=O)c2c(SCC(=O)NC3CCCC3)nc(C3CCCC3)nc2n(C)c1=O. The predicted molar refractivity (Wildman–Crippen MR) is 112 cm³/mol. The second-order valence-corrected chi connectivity index (χ2v) is 9.07. The van der Waals surface area contributed by atoms with E-state index in [1.807, 2.05) is 0 Å². The zero-order valence-corrected chi connectivity index (χ0v) is 17.8.